The van der Waals surface area contributed by atoms with Crippen LogP contribution < -0.4 is 15.4 Å². The number of hydrogen-bond donors (Lipinski definition) is 3. The maximum absolute atomic E-state index is 13.0. The van der Waals surface area contributed by atoms with Crippen molar-refractivity contribution < 1.29 is 22.4 Å². The van der Waals surface area contributed by atoms with E-state index in [1.807, 2.05) is 0 Å². The Labute approximate surface area is 169 Å². The molecule has 0 atom stereocenters. The molecule has 11 heteroatoms. The Morgan fingerprint density at radius 1 is 0.966 bits per heavy atom. The van der Waals surface area contributed by atoms with E-state index in [4.69, 9.17) is 0 Å². The molecule has 150 valence electrons. The van der Waals surface area contributed by atoms with E-state index in [1.54, 1.807) is 0 Å². The number of amides is 2. The highest BCUT2D eigenvalue weighted by Crippen LogP contribution is 2.20. The van der Waals surface area contributed by atoms with Gasteiger partial charge in [0.25, 0.3) is 15.9 Å². The molecular formula is C18H15FN4O4S2. The lowest BCUT2D eigenvalue weighted by molar-refractivity contribution is -0.114. The number of thiazole rings is 1. The zero-order chi connectivity index (χ0) is 21.0. The molecule has 0 fully saturated rings. The number of halogens is 1. The van der Waals surface area contributed by atoms with Crippen LogP contribution in [0.4, 0.5) is 20.9 Å². The van der Waals surface area contributed by atoms with Crippen molar-refractivity contribution in [2.24, 2.45) is 0 Å². The second-order valence-electron chi connectivity index (χ2n) is 5.81. The molecule has 3 rings (SSSR count). The maximum atomic E-state index is 13.0. The van der Waals surface area contributed by atoms with Crippen LogP contribution in [-0.2, 0) is 14.8 Å². The Hall–Kier alpha value is -3.31. The topological polar surface area (TPSA) is 117 Å². The van der Waals surface area contributed by atoms with Crippen molar-refractivity contribution in [3.63, 3.8) is 0 Å². The van der Waals surface area contributed by atoms with Gasteiger partial charge in [0.15, 0.2) is 5.13 Å². The molecule has 1 heterocycles. The molecular weight excluding hydrogens is 419 g/mol. The molecule has 0 saturated carbocycles. The Bertz CT molecular complexity index is 1140. The van der Waals surface area contributed by atoms with Crippen LogP contribution in [0.5, 0.6) is 0 Å². The van der Waals surface area contributed by atoms with Gasteiger partial charge in [-0.1, -0.05) is 0 Å². The van der Waals surface area contributed by atoms with Gasteiger partial charge in [0.05, 0.1) is 4.90 Å². The molecule has 0 spiro atoms. The van der Waals surface area contributed by atoms with Crippen molar-refractivity contribution in [2.75, 3.05) is 15.4 Å². The molecule has 2 amide bonds. The number of nitrogens with one attached hydrogen (secondary N) is 3. The summed E-state index contributed by atoms with van der Waals surface area (Å²) in [5.41, 5.74) is 0.836. The summed E-state index contributed by atoms with van der Waals surface area (Å²) in [6.07, 6.45) is 0. The second-order valence-corrected chi connectivity index (χ2v) is 8.35. The summed E-state index contributed by atoms with van der Waals surface area (Å²) in [5, 5.41) is 6.94. The van der Waals surface area contributed by atoms with Crippen LogP contribution in [0.15, 0.2) is 58.8 Å². The number of anilines is 3. The number of carbonyl (C=O) groups is 2. The van der Waals surface area contributed by atoms with Crippen LogP contribution in [0.3, 0.4) is 0 Å². The fraction of sp³-hybridized carbons (Fsp3) is 0.0556. The molecule has 8 nitrogen and oxygen atoms in total. The van der Waals surface area contributed by atoms with E-state index in [2.05, 4.69) is 20.3 Å². The number of carbonyl (C=O) groups excluding carboxylic acids is 2. The first kappa shape index (κ1) is 20.4. The zero-order valence-electron chi connectivity index (χ0n) is 15.0. The lowest BCUT2D eigenvalue weighted by atomic mass is 10.3. The second kappa shape index (κ2) is 8.37. The van der Waals surface area contributed by atoms with Crippen LogP contribution in [0.1, 0.15) is 17.4 Å². The molecule has 0 aliphatic rings. The quantitative estimate of drug-likeness (QED) is 0.550. The Morgan fingerprint density at radius 2 is 1.59 bits per heavy atom. The van der Waals surface area contributed by atoms with E-state index in [0.717, 1.165) is 35.6 Å². The lowest BCUT2D eigenvalue weighted by Gasteiger charge is -2.09. The Balaban J connectivity index is 1.65. The average Bonchev–Trinajstić information content (AvgIpc) is 3.11. The van der Waals surface area contributed by atoms with Gasteiger partial charge in [-0.15, -0.1) is 11.3 Å². The predicted octanol–water partition coefficient (Wildman–Crippen LogP) is 3.29. The smallest absolute Gasteiger partial charge is 0.275 e. The summed E-state index contributed by atoms with van der Waals surface area (Å²) >= 11 is 1.12. The van der Waals surface area contributed by atoms with Crippen molar-refractivity contribution in [3.05, 3.63) is 65.4 Å². The highest BCUT2D eigenvalue weighted by Gasteiger charge is 2.15. The molecule has 0 unspecified atom stereocenters. The predicted molar refractivity (Wildman–Crippen MR) is 108 cm³/mol. The van der Waals surface area contributed by atoms with E-state index in [-0.39, 0.29) is 22.2 Å². The summed E-state index contributed by atoms with van der Waals surface area (Å²) in [4.78, 5) is 27.2. The summed E-state index contributed by atoms with van der Waals surface area (Å²) in [7, 11) is -3.86. The summed E-state index contributed by atoms with van der Waals surface area (Å²) in [6, 6.07) is 10.4. The first-order valence-corrected chi connectivity index (χ1v) is 10.5. The molecule has 1 aromatic heterocycles. The summed E-state index contributed by atoms with van der Waals surface area (Å²) < 4.78 is 39.9. The molecule has 0 radical (unpaired) electrons. The minimum absolute atomic E-state index is 0.0743. The fourth-order valence-electron chi connectivity index (χ4n) is 2.23. The van der Waals surface area contributed by atoms with Crippen LogP contribution in [-0.4, -0.2) is 25.2 Å². The molecule has 0 aliphatic carbocycles. The van der Waals surface area contributed by atoms with Crippen molar-refractivity contribution in [3.8, 4) is 0 Å². The lowest BCUT2D eigenvalue weighted by Crippen LogP contribution is -2.14. The third-order valence-corrected chi connectivity index (χ3v) is 5.69. The highest BCUT2D eigenvalue weighted by atomic mass is 32.2. The standard InChI is InChI=1S/C18H15FN4O4S2/c1-11(24)20-18-22-16(10-28-18)17(25)21-13-4-6-14(7-5-13)23-29(26,27)15-8-2-12(19)3-9-15/h2-10,23H,1H3,(H,21,25)(H,20,22,24). The van der Waals surface area contributed by atoms with Crippen LogP contribution >= 0.6 is 11.3 Å². The third kappa shape index (κ3) is 5.36. The van der Waals surface area contributed by atoms with E-state index < -0.39 is 21.7 Å². The van der Waals surface area contributed by atoms with Gasteiger partial charge in [0, 0.05) is 23.7 Å². The number of hydrogen-bond acceptors (Lipinski definition) is 6. The van der Waals surface area contributed by atoms with E-state index in [1.165, 1.54) is 36.6 Å². The Morgan fingerprint density at radius 3 is 2.21 bits per heavy atom. The van der Waals surface area contributed by atoms with Gasteiger partial charge in [-0.25, -0.2) is 17.8 Å². The van der Waals surface area contributed by atoms with Crippen molar-refractivity contribution in [2.45, 2.75) is 11.8 Å². The fourth-order valence-corrected chi connectivity index (χ4v) is 4.03. The van der Waals surface area contributed by atoms with Crippen molar-refractivity contribution in [1.29, 1.82) is 0 Å². The first-order valence-electron chi connectivity index (χ1n) is 8.16. The highest BCUT2D eigenvalue weighted by molar-refractivity contribution is 7.92. The van der Waals surface area contributed by atoms with Crippen LogP contribution in [0, 0.1) is 5.82 Å². The van der Waals surface area contributed by atoms with Gasteiger partial charge in [0.2, 0.25) is 5.91 Å². The molecule has 0 saturated heterocycles. The van der Waals surface area contributed by atoms with Gasteiger partial charge in [-0.2, -0.15) is 0 Å². The third-order valence-electron chi connectivity index (χ3n) is 3.54. The molecule has 2 aromatic carbocycles. The van der Waals surface area contributed by atoms with E-state index in [0.29, 0.717) is 10.8 Å². The zero-order valence-corrected chi connectivity index (χ0v) is 16.6. The van der Waals surface area contributed by atoms with Crippen LogP contribution in [0.2, 0.25) is 0 Å². The average molecular weight is 434 g/mol. The number of sulfonamides is 1. The first-order chi connectivity index (χ1) is 13.7. The monoisotopic (exact) mass is 434 g/mol. The van der Waals surface area contributed by atoms with Crippen molar-refractivity contribution in [1.82, 2.24) is 4.98 Å². The molecule has 3 aromatic rings. The molecule has 0 bridgehead atoms. The van der Waals surface area contributed by atoms with Gasteiger partial charge < -0.3 is 10.6 Å². The minimum atomic E-state index is -3.86. The van der Waals surface area contributed by atoms with Gasteiger partial charge in [-0.3, -0.25) is 14.3 Å². The van der Waals surface area contributed by atoms with Gasteiger partial charge in [0.1, 0.15) is 11.5 Å². The number of nitrogens with zero attached hydrogens (tertiary/aromatic N) is 1. The largest absolute Gasteiger partial charge is 0.321 e. The SMILES string of the molecule is CC(=O)Nc1nc(C(=O)Nc2ccc(NS(=O)(=O)c3ccc(F)cc3)cc2)cs1. The van der Waals surface area contributed by atoms with E-state index in [9.17, 15) is 22.4 Å². The van der Waals surface area contributed by atoms with Crippen molar-refractivity contribution >= 4 is 49.7 Å². The molecule has 29 heavy (non-hydrogen) atoms. The molecule has 3 N–H and O–H groups in total. The van der Waals surface area contributed by atoms with Crippen LogP contribution in [0.25, 0.3) is 0 Å². The normalized spacial score (nSPS) is 11.0. The number of benzene rings is 2. The van der Waals surface area contributed by atoms with Gasteiger partial charge >= 0.3 is 0 Å². The van der Waals surface area contributed by atoms with E-state index >= 15 is 0 Å². The minimum Gasteiger partial charge on any atom is -0.321 e. The maximum Gasteiger partial charge on any atom is 0.275 e. The van der Waals surface area contributed by atoms with Gasteiger partial charge in [-0.05, 0) is 48.5 Å². The summed E-state index contributed by atoms with van der Waals surface area (Å²) in [6.45, 7) is 1.34. The summed E-state index contributed by atoms with van der Waals surface area (Å²) in [5.74, 6) is -1.30. The number of rotatable bonds is 6. The number of aromatic nitrogens is 1. The molecule has 0 aliphatic heterocycles. The Kier molecular flexibility index (Phi) is 5.89.